The van der Waals surface area contributed by atoms with E-state index in [1.807, 2.05) is 48.5 Å². The van der Waals surface area contributed by atoms with Gasteiger partial charge in [-0.1, -0.05) is 53.8 Å². The number of hydrogen-bond acceptors (Lipinski definition) is 6. The monoisotopic (exact) mass is 416 g/mol. The first kappa shape index (κ1) is 19.7. The zero-order chi connectivity index (χ0) is 20.6. The predicted molar refractivity (Wildman–Crippen MR) is 117 cm³/mol. The summed E-state index contributed by atoms with van der Waals surface area (Å²) in [4.78, 5) is 23.2. The van der Waals surface area contributed by atoms with Gasteiger partial charge in [-0.15, -0.1) is 10.2 Å². The topological polar surface area (TPSA) is 83.9 Å². The summed E-state index contributed by atoms with van der Waals surface area (Å²) >= 11 is 1.30. The second kappa shape index (κ2) is 9.71. The molecule has 0 spiro atoms. The quantitative estimate of drug-likeness (QED) is 0.486. The lowest BCUT2D eigenvalue weighted by Crippen LogP contribution is -2.36. The Balaban J connectivity index is 1.46. The molecule has 4 aromatic rings. The van der Waals surface area contributed by atoms with Gasteiger partial charge in [-0.2, -0.15) is 0 Å². The van der Waals surface area contributed by atoms with E-state index in [1.54, 1.807) is 23.5 Å². The summed E-state index contributed by atoms with van der Waals surface area (Å²) in [6.45, 7) is 1.02. The second-order valence-corrected chi connectivity index (χ2v) is 7.55. The number of nitrogens with one attached hydrogen (secondary N) is 1. The molecule has 0 radical (unpaired) electrons. The van der Waals surface area contributed by atoms with Crippen molar-refractivity contribution < 1.29 is 4.79 Å². The lowest BCUT2D eigenvalue weighted by molar-refractivity contribution is 0.209. The van der Waals surface area contributed by atoms with Gasteiger partial charge in [0, 0.05) is 31.7 Å². The molecule has 30 heavy (non-hydrogen) atoms. The molecule has 1 N–H and O–H groups in total. The van der Waals surface area contributed by atoms with Crippen molar-refractivity contribution in [1.82, 2.24) is 25.1 Å². The van der Waals surface area contributed by atoms with Crippen LogP contribution in [-0.4, -0.2) is 37.6 Å². The standard InChI is InChI=1S/C22H20N6OS/c29-22(25-21-27-26-20(30-21)19-10-4-5-13-24-19)28(16-18-9-6-12-23-15-18)14-11-17-7-2-1-3-8-17/h1-10,12-13,15H,11,14,16H2,(H,25,27,29). The number of carbonyl (C=O) groups is 1. The zero-order valence-corrected chi connectivity index (χ0v) is 17.0. The van der Waals surface area contributed by atoms with Crippen LogP contribution in [0.25, 0.3) is 10.7 Å². The highest BCUT2D eigenvalue weighted by molar-refractivity contribution is 7.18. The van der Waals surface area contributed by atoms with Crippen molar-refractivity contribution in [2.75, 3.05) is 11.9 Å². The van der Waals surface area contributed by atoms with Gasteiger partial charge in [0.2, 0.25) is 5.13 Å². The van der Waals surface area contributed by atoms with Crippen molar-refractivity contribution in [3.8, 4) is 10.7 Å². The molecule has 0 fully saturated rings. The van der Waals surface area contributed by atoms with Gasteiger partial charge >= 0.3 is 6.03 Å². The fourth-order valence-corrected chi connectivity index (χ4v) is 3.62. The maximum absolute atomic E-state index is 13.0. The van der Waals surface area contributed by atoms with E-state index in [2.05, 4.69) is 37.6 Å². The van der Waals surface area contributed by atoms with Crippen molar-refractivity contribution in [2.45, 2.75) is 13.0 Å². The molecular weight excluding hydrogens is 396 g/mol. The van der Waals surface area contributed by atoms with E-state index in [0.29, 0.717) is 23.2 Å². The summed E-state index contributed by atoms with van der Waals surface area (Å²) in [6.07, 6.45) is 5.95. The van der Waals surface area contributed by atoms with Gasteiger partial charge in [-0.25, -0.2) is 4.79 Å². The maximum atomic E-state index is 13.0. The van der Waals surface area contributed by atoms with Crippen LogP contribution in [0.2, 0.25) is 0 Å². The summed E-state index contributed by atoms with van der Waals surface area (Å²) in [5, 5.41) is 12.2. The molecule has 8 heteroatoms. The molecule has 3 aromatic heterocycles. The highest BCUT2D eigenvalue weighted by atomic mass is 32.1. The van der Waals surface area contributed by atoms with Crippen molar-refractivity contribution in [1.29, 1.82) is 0 Å². The number of hydrogen-bond donors (Lipinski definition) is 1. The van der Waals surface area contributed by atoms with Crippen molar-refractivity contribution in [2.24, 2.45) is 0 Å². The van der Waals surface area contributed by atoms with Crippen molar-refractivity contribution in [3.63, 3.8) is 0 Å². The minimum atomic E-state index is -0.224. The average Bonchev–Trinajstić information content (AvgIpc) is 3.27. The van der Waals surface area contributed by atoms with Crippen molar-refractivity contribution >= 4 is 22.5 Å². The van der Waals surface area contributed by atoms with Crippen LogP contribution in [0.15, 0.2) is 79.3 Å². The number of rotatable bonds is 7. The van der Waals surface area contributed by atoms with E-state index < -0.39 is 0 Å². The smallest absolute Gasteiger partial charge is 0.320 e. The molecule has 0 aliphatic rings. The third-order valence-corrected chi connectivity index (χ3v) is 5.28. The molecule has 1 aromatic carbocycles. The van der Waals surface area contributed by atoms with Gasteiger partial charge in [0.05, 0.1) is 0 Å². The van der Waals surface area contributed by atoms with E-state index in [0.717, 1.165) is 17.7 Å². The Labute approximate surface area is 178 Å². The van der Waals surface area contributed by atoms with Gasteiger partial charge in [0.1, 0.15) is 5.69 Å². The summed E-state index contributed by atoms with van der Waals surface area (Å²) in [5.41, 5.74) is 2.87. The molecule has 7 nitrogen and oxygen atoms in total. The number of benzene rings is 1. The van der Waals surface area contributed by atoms with Crippen molar-refractivity contribution in [3.05, 3.63) is 90.4 Å². The predicted octanol–water partition coefficient (Wildman–Crippen LogP) is 4.27. The van der Waals surface area contributed by atoms with E-state index in [4.69, 9.17) is 0 Å². The van der Waals surface area contributed by atoms with E-state index >= 15 is 0 Å². The van der Waals surface area contributed by atoms with E-state index in [-0.39, 0.29) is 6.03 Å². The molecule has 0 unspecified atom stereocenters. The van der Waals surface area contributed by atoms with Gasteiger partial charge in [0.25, 0.3) is 0 Å². The molecule has 0 atom stereocenters. The number of anilines is 1. The first-order chi connectivity index (χ1) is 14.8. The summed E-state index contributed by atoms with van der Waals surface area (Å²) in [7, 11) is 0. The molecule has 0 aliphatic carbocycles. The van der Waals surface area contributed by atoms with Crippen LogP contribution < -0.4 is 5.32 Å². The summed E-state index contributed by atoms with van der Waals surface area (Å²) < 4.78 is 0. The van der Waals surface area contributed by atoms with Crippen LogP contribution in [0, 0.1) is 0 Å². The number of aromatic nitrogens is 4. The number of nitrogens with zero attached hydrogens (tertiary/aromatic N) is 5. The first-order valence-corrected chi connectivity index (χ1v) is 10.3. The van der Waals surface area contributed by atoms with Crippen LogP contribution >= 0.6 is 11.3 Å². The second-order valence-electron chi connectivity index (χ2n) is 6.58. The SMILES string of the molecule is O=C(Nc1nnc(-c2ccccn2)s1)N(CCc1ccccc1)Cc1cccnc1. The maximum Gasteiger partial charge on any atom is 0.324 e. The Hall–Kier alpha value is -3.65. The van der Waals surface area contributed by atoms with Crippen LogP contribution in [0.1, 0.15) is 11.1 Å². The molecule has 4 rings (SSSR count). The minimum Gasteiger partial charge on any atom is -0.320 e. The third kappa shape index (κ3) is 5.24. The van der Waals surface area contributed by atoms with E-state index in [1.165, 1.54) is 16.9 Å². The summed E-state index contributed by atoms with van der Waals surface area (Å²) in [5.74, 6) is 0. The Morgan fingerprint density at radius 2 is 1.77 bits per heavy atom. The van der Waals surface area contributed by atoms with Gasteiger partial charge < -0.3 is 4.90 Å². The average molecular weight is 417 g/mol. The number of pyridine rings is 2. The largest absolute Gasteiger partial charge is 0.324 e. The Morgan fingerprint density at radius 1 is 0.933 bits per heavy atom. The lowest BCUT2D eigenvalue weighted by Gasteiger charge is -2.22. The fraction of sp³-hybridized carbons (Fsp3) is 0.136. The normalized spacial score (nSPS) is 10.5. The lowest BCUT2D eigenvalue weighted by atomic mass is 10.1. The Kier molecular flexibility index (Phi) is 6.36. The van der Waals surface area contributed by atoms with E-state index in [9.17, 15) is 4.79 Å². The summed E-state index contributed by atoms with van der Waals surface area (Å²) in [6, 6.07) is 19.3. The Bertz CT molecular complexity index is 1070. The molecule has 3 heterocycles. The molecule has 0 saturated heterocycles. The van der Waals surface area contributed by atoms with Crippen LogP contribution in [0.3, 0.4) is 0 Å². The Morgan fingerprint density at radius 3 is 2.53 bits per heavy atom. The molecule has 0 aliphatic heterocycles. The highest BCUT2D eigenvalue weighted by Crippen LogP contribution is 2.24. The molecular formula is C22H20N6OS. The number of carbonyl (C=O) groups excluding carboxylic acids is 1. The number of amides is 2. The van der Waals surface area contributed by atoms with Crippen LogP contribution in [-0.2, 0) is 13.0 Å². The zero-order valence-electron chi connectivity index (χ0n) is 16.2. The molecule has 2 amide bonds. The van der Waals surface area contributed by atoms with Crippen LogP contribution in [0.4, 0.5) is 9.93 Å². The first-order valence-electron chi connectivity index (χ1n) is 9.51. The van der Waals surface area contributed by atoms with Crippen LogP contribution in [0.5, 0.6) is 0 Å². The van der Waals surface area contributed by atoms with Gasteiger partial charge in [-0.3, -0.25) is 15.3 Å². The van der Waals surface area contributed by atoms with Gasteiger partial charge in [-0.05, 0) is 35.7 Å². The molecule has 150 valence electrons. The minimum absolute atomic E-state index is 0.224. The molecule has 0 bridgehead atoms. The van der Waals surface area contributed by atoms with Gasteiger partial charge in [0.15, 0.2) is 5.01 Å². The fourth-order valence-electron chi connectivity index (χ4n) is 2.91. The third-order valence-electron chi connectivity index (χ3n) is 4.42. The number of urea groups is 1. The molecule has 0 saturated carbocycles. The highest BCUT2D eigenvalue weighted by Gasteiger charge is 2.17.